The first-order valence-corrected chi connectivity index (χ1v) is 11.7. The summed E-state index contributed by atoms with van der Waals surface area (Å²) in [5.41, 5.74) is 5.28. The third-order valence-corrected chi connectivity index (χ3v) is 5.60. The number of nitrogens with zero attached hydrogens (tertiary/aromatic N) is 1. The fraction of sp³-hybridized carbons (Fsp3) is 0.321. The van der Waals surface area contributed by atoms with E-state index >= 15 is 0 Å². The Morgan fingerprint density at radius 2 is 1.48 bits per heavy atom. The number of hydrogen-bond acceptors (Lipinski definition) is 4. The van der Waals surface area contributed by atoms with Crippen molar-refractivity contribution in [1.82, 2.24) is 10.3 Å². The van der Waals surface area contributed by atoms with E-state index in [-0.39, 0.29) is 12.4 Å². The fourth-order valence-corrected chi connectivity index (χ4v) is 3.78. The number of halogens is 1. The minimum Gasteiger partial charge on any atom is -0.436 e. The minimum atomic E-state index is 0. The van der Waals surface area contributed by atoms with Crippen molar-refractivity contribution in [3.63, 3.8) is 0 Å². The SMILES string of the molecule is Cl.c1ccc(CCCCCCNCCOCc2ccc(-c3nc4ccccc4o3)cc2)cc1. The van der Waals surface area contributed by atoms with E-state index in [9.17, 15) is 0 Å². The van der Waals surface area contributed by atoms with Gasteiger partial charge in [-0.1, -0.05) is 67.4 Å². The Morgan fingerprint density at radius 3 is 2.30 bits per heavy atom. The van der Waals surface area contributed by atoms with Crippen LogP contribution in [0.1, 0.15) is 36.8 Å². The van der Waals surface area contributed by atoms with Crippen LogP contribution in [-0.2, 0) is 17.8 Å². The van der Waals surface area contributed by atoms with Crippen LogP contribution in [0.3, 0.4) is 0 Å². The Balaban J connectivity index is 0.00000306. The van der Waals surface area contributed by atoms with Crippen LogP contribution < -0.4 is 5.32 Å². The van der Waals surface area contributed by atoms with Crippen molar-refractivity contribution in [1.29, 1.82) is 0 Å². The number of ether oxygens (including phenoxy) is 1. The van der Waals surface area contributed by atoms with Gasteiger partial charge in [-0.25, -0.2) is 4.98 Å². The van der Waals surface area contributed by atoms with Gasteiger partial charge in [0.15, 0.2) is 5.58 Å². The van der Waals surface area contributed by atoms with Gasteiger partial charge >= 0.3 is 0 Å². The Kier molecular flexibility index (Phi) is 10.4. The van der Waals surface area contributed by atoms with Crippen molar-refractivity contribution in [2.45, 2.75) is 38.7 Å². The van der Waals surface area contributed by atoms with E-state index < -0.39 is 0 Å². The number of benzene rings is 3. The number of hydrogen-bond donors (Lipinski definition) is 1. The minimum absolute atomic E-state index is 0. The van der Waals surface area contributed by atoms with E-state index in [1.165, 1.54) is 37.7 Å². The number of aryl methyl sites for hydroxylation is 1. The maximum Gasteiger partial charge on any atom is 0.227 e. The molecule has 174 valence electrons. The summed E-state index contributed by atoms with van der Waals surface area (Å²) in [6, 6.07) is 26.8. The number of rotatable bonds is 13. The molecule has 4 aromatic rings. The number of oxazole rings is 1. The first-order valence-electron chi connectivity index (χ1n) is 11.7. The molecule has 4 nitrogen and oxygen atoms in total. The standard InChI is InChI=1S/C28H32N2O2.ClH/c1(4-10-23-11-5-3-6-12-23)2-9-19-29-20-21-31-22-24-15-17-25(18-16-24)28-30-26-13-7-8-14-27(26)32-28;/h3,5-8,11-18,29H,1-2,4,9-10,19-22H2;1H. The molecule has 0 bridgehead atoms. The van der Waals surface area contributed by atoms with Gasteiger partial charge in [0.05, 0.1) is 13.2 Å². The smallest absolute Gasteiger partial charge is 0.227 e. The molecule has 0 aliphatic carbocycles. The molecule has 1 aromatic heterocycles. The molecular weight excluding hydrogens is 432 g/mol. The molecule has 0 saturated heterocycles. The molecule has 0 atom stereocenters. The fourth-order valence-electron chi connectivity index (χ4n) is 3.78. The first-order chi connectivity index (χ1) is 15.9. The first kappa shape index (κ1) is 25.0. The number of nitrogens with one attached hydrogen (secondary N) is 1. The van der Waals surface area contributed by atoms with Crippen molar-refractivity contribution in [2.24, 2.45) is 0 Å². The molecule has 3 aromatic carbocycles. The highest BCUT2D eigenvalue weighted by Crippen LogP contribution is 2.24. The lowest BCUT2D eigenvalue weighted by Crippen LogP contribution is -2.20. The van der Waals surface area contributed by atoms with E-state index in [4.69, 9.17) is 9.15 Å². The van der Waals surface area contributed by atoms with Crippen molar-refractivity contribution < 1.29 is 9.15 Å². The second-order valence-electron chi connectivity index (χ2n) is 8.14. The molecule has 0 radical (unpaired) electrons. The predicted molar refractivity (Wildman–Crippen MR) is 138 cm³/mol. The summed E-state index contributed by atoms with van der Waals surface area (Å²) in [6.45, 7) is 3.30. The lowest BCUT2D eigenvalue weighted by molar-refractivity contribution is 0.123. The second kappa shape index (κ2) is 13.8. The molecule has 33 heavy (non-hydrogen) atoms. The van der Waals surface area contributed by atoms with Gasteiger partial charge in [-0.05, 0) is 61.2 Å². The van der Waals surface area contributed by atoms with Gasteiger partial charge in [0.2, 0.25) is 5.89 Å². The maximum absolute atomic E-state index is 5.83. The molecule has 1 heterocycles. The van der Waals surface area contributed by atoms with Crippen LogP contribution in [0.25, 0.3) is 22.6 Å². The third-order valence-electron chi connectivity index (χ3n) is 5.60. The third kappa shape index (κ3) is 8.01. The van der Waals surface area contributed by atoms with Crippen molar-refractivity contribution in [3.8, 4) is 11.5 Å². The van der Waals surface area contributed by atoms with Crippen molar-refractivity contribution in [2.75, 3.05) is 19.7 Å². The quantitative estimate of drug-likeness (QED) is 0.220. The van der Waals surface area contributed by atoms with Crippen LogP contribution in [-0.4, -0.2) is 24.7 Å². The average Bonchev–Trinajstić information content (AvgIpc) is 3.28. The predicted octanol–water partition coefficient (Wildman–Crippen LogP) is 6.83. The Hall–Kier alpha value is -2.66. The highest BCUT2D eigenvalue weighted by molar-refractivity contribution is 5.85. The van der Waals surface area contributed by atoms with E-state index in [1.54, 1.807) is 0 Å². The largest absolute Gasteiger partial charge is 0.436 e. The topological polar surface area (TPSA) is 47.3 Å². The Morgan fingerprint density at radius 1 is 0.727 bits per heavy atom. The normalized spacial score (nSPS) is 10.9. The van der Waals surface area contributed by atoms with Crippen LogP contribution >= 0.6 is 12.4 Å². The molecule has 4 rings (SSSR count). The summed E-state index contributed by atoms with van der Waals surface area (Å²) >= 11 is 0. The molecule has 1 N–H and O–H groups in total. The van der Waals surface area contributed by atoms with Crippen LogP contribution in [0.5, 0.6) is 0 Å². The Bertz CT molecular complexity index is 1030. The van der Waals surface area contributed by atoms with Gasteiger partial charge in [0, 0.05) is 12.1 Å². The monoisotopic (exact) mass is 464 g/mol. The van der Waals surface area contributed by atoms with Crippen LogP contribution in [0.4, 0.5) is 0 Å². The van der Waals surface area contributed by atoms with E-state index in [2.05, 4.69) is 52.8 Å². The van der Waals surface area contributed by atoms with E-state index in [1.807, 2.05) is 36.4 Å². The Labute approximate surface area is 202 Å². The van der Waals surface area contributed by atoms with Gasteiger partial charge in [0.25, 0.3) is 0 Å². The molecule has 0 fully saturated rings. The summed E-state index contributed by atoms with van der Waals surface area (Å²) in [4.78, 5) is 4.55. The van der Waals surface area contributed by atoms with Crippen LogP contribution in [0, 0.1) is 0 Å². The molecule has 5 heteroatoms. The lowest BCUT2D eigenvalue weighted by atomic mass is 10.1. The number of fused-ring (bicyclic) bond motifs is 1. The molecule has 0 aliphatic heterocycles. The molecule has 0 aliphatic rings. The second-order valence-corrected chi connectivity index (χ2v) is 8.14. The molecule has 0 amide bonds. The van der Waals surface area contributed by atoms with Crippen molar-refractivity contribution >= 4 is 23.5 Å². The average molecular weight is 465 g/mol. The highest BCUT2D eigenvalue weighted by atomic mass is 35.5. The zero-order valence-electron chi connectivity index (χ0n) is 19.0. The highest BCUT2D eigenvalue weighted by Gasteiger charge is 2.07. The van der Waals surface area contributed by atoms with Crippen molar-refractivity contribution in [3.05, 3.63) is 90.0 Å². The molecular formula is C28H33ClN2O2. The maximum atomic E-state index is 5.83. The van der Waals surface area contributed by atoms with Crippen LogP contribution in [0.2, 0.25) is 0 Å². The molecule has 0 saturated carbocycles. The number of aromatic nitrogens is 1. The lowest BCUT2D eigenvalue weighted by Gasteiger charge is -2.07. The summed E-state index contributed by atoms with van der Waals surface area (Å²) < 4.78 is 11.6. The molecule has 0 unspecified atom stereocenters. The zero-order valence-corrected chi connectivity index (χ0v) is 19.9. The zero-order chi connectivity index (χ0) is 21.8. The molecule has 0 spiro atoms. The summed E-state index contributed by atoms with van der Waals surface area (Å²) in [5, 5.41) is 3.48. The van der Waals surface area contributed by atoms with Gasteiger partial charge in [0.1, 0.15) is 5.52 Å². The number of unbranched alkanes of at least 4 members (excludes halogenated alkanes) is 3. The van der Waals surface area contributed by atoms with E-state index in [0.717, 1.165) is 41.9 Å². The van der Waals surface area contributed by atoms with E-state index in [0.29, 0.717) is 12.5 Å². The number of para-hydroxylation sites is 2. The summed E-state index contributed by atoms with van der Waals surface area (Å²) in [5.74, 6) is 0.655. The summed E-state index contributed by atoms with van der Waals surface area (Å²) in [6.07, 6.45) is 6.28. The van der Waals surface area contributed by atoms with Crippen LogP contribution in [0.15, 0.2) is 83.3 Å². The van der Waals surface area contributed by atoms with Gasteiger partial charge in [-0.2, -0.15) is 0 Å². The van der Waals surface area contributed by atoms with Gasteiger partial charge in [-0.3, -0.25) is 0 Å². The van der Waals surface area contributed by atoms with Gasteiger partial charge in [-0.15, -0.1) is 12.4 Å². The van der Waals surface area contributed by atoms with Gasteiger partial charge < -0.3 is 14.5 Å². The summed E-state index contributed by atoms with van der Waals surface area (Å²) in [7, 11) is 0.